The van der Waals surface area contributed by atoms with Crippen LogP contribution in [-0.4, -0.2) is 46.5 Å². The lowest BCUT2D eigenvalue weighted by Gasteiger charge is -2.21. The Kier molecular flexibility index (Phi) is 7.76. The lowest BCUT2D eigenvalue weighted by Crippen LogP contribution is -2.13. The Morgan fingerprint density at radius 2 is 2.19 bits per heavy atom. The summed E-state index contributed by atoms with van der Waals surface area (Å²) in [5.74, 6) is -0.0886. The molecular weight excluding hydrogens is 392 g/mol. The smallest absolute Gasteiger partial charge is 0.288 e. The number of ether oxygens (including phenoxy) is 1. The number of phenols is 1. The van der Waals surface area contributed by atoms with E-state index >= 15 is 0 Å². The highest BCUT2D eigenvalue weighted by molar-refractivity contribution is 7.91. The molecule has 0 bridgehead atoms. The van der Waals surface area contributed by atoms with E-state index in [1.54, 1.807) is 6.07 Å². The molecule has 0 aliphatic heterocycles. The van der Waals surface area contributed by atoms with Gasteiger partial charge in [-0.05, 0) is 43.0 Å². The van der Waals surface area contributed by atoms with Gasteiger partial charge in [0.25, 0.3) is 5.16 Å². The first-order valence-electron chi connectivity index (χ1n) is 8.59. The minimum absolute atomic E-state index is 0.0500. The second-order valence-corrected chi connectivity index (χ2v) is 8.28. The molecule has 1 unspecified atom stereocenters. The van der Waals surface area contributed by atoms with Gasteiger partial charge in [0.05, 0.1) is 16.9 Å². The predicted octanol–water partition coefficient (Wildman–Crippen LogP) is 3.01. The summed E-state index contributed by atoms with van der Waals surface area (Å²) < 4.78 is 30.0. The molecule has 0 fully saturated rings. The minimum Gasteiger partial charge on any atom is -0.506 e. The number of hydrogen-bond donors (Lipinski definition) is 2. The van der Waals surface area contributed by atoms with Crippen molar-refractivity contribution in [2.75, 3.05) is 12.4 Å². The maximum absolute atomic E-state index is 12.0. The molecular formula is C17H23ClN4O4S. The molecule has 148 valence electrons. The number of phenolic OH excluding ortho intramolecular Hbond substituents is 1. The van der Waals surface area contributed by atoms with Gasteiger partial charge in [-0.25, -0.2) is 8.42 Å². The van der Waals surface area contributed by atoms with Gasteiger partial charge in [0.1, 0.15) is 5.75 Å². The Labute approximate surface area is 163 Å². The van der Waals surface area contributed by atoms with Gasteiger partial charge in [-0.1, -0.05) is 41.8 Å². The normalized spacial score (nSPS) is 13.3. The highest BCUT2D eigenvalue weighted by Crippen LogP contribution is 2.36. The third kappa shape index (κ3) is 5.50. The summed E-state index contributed by atoms with van der Waals surface area (Å²) in [4.78, 5) is 0. The summed E-state index contributed by atoms with van der Waals surface area (Å²) in [5, 5.41) is 22.7. The molecule has 1 atom stereocenters. The zero-order chi connectivity index (χ0) is 19.9. The number of halogens is 1. The Morgan fingerprint density at radius 3 is 2.81 bits per heavy atom. The number of aromatic hydroxyl groups is 1. The molecule has 8 nitrogen and oxygen atoms in total. The molecule has 0 aliphatic carbocycles. The van der Waals surface area contributed by atoms with Crippen LogP contribution in [0.5, 0.6) is 5.75 Å². The highest BCUT2D eigenvalue weighted by Gasteiger charge is 2.21. The van der Waals surface area contributed by atoms with Gasteiger partial charge in [0.15, 0.2) is 0 Å². The maximum atomic E-state index is 12.0. The Hall–Kier alpha value is -1.97. The van der Waals surface area contributed by atoms with E-state index in [4.69, 9.17) is 16.3 Å². The number of H-pyrrole nitrogens is 1. The molecule has 2 rings (SSSR count). The monoisotopic (exact) mass is 414 g/mol. The third-order valence-electron chi connectivity index (χ3n) is 4.03. The fourth-order valence-electron chi connectivity index (χ4n) is 2.65. The van der Waals surface area contributed by atoms with Crippen LogP contribution in [0.15, 0.2) is 29.4 Å². The average Bonchev–Trinajstić information content (AvgIpc) is 3.19. The number of tetrazole rings is 1. The van der Waals surface area contributed by atoms with Crippen LogP contribution in [-0.2, 0) is 21.0 Å². The standard InChI is InChI=1S/C17H23ClN4O4S/c1-3-5-7-13-12(8-9-14(18)16(13)23)15(4-2)26-10-6-11-27(24,25)17-19-21-22-20-17/h3,5,8-9,15,23H,4,6-7,10-11H2,1-2H3,(H,19,20,21,22). The molecule has 0 amide bonds. The Bertz CT molecular complexity index is 869. The zero-order valence-corrected chi connectivity index (χ0v) is 16.8. The Balaban J connectivity index is 2.04. The summed E-state index contributed by atoms with van der Waals surface area (Å²) in [6.45, 7) is 4.10. The molecule has 1 aromatic carbocycles. The quantitative estimate of drug-likeness (QED) is 0.453. The first-order valence-corrected chi connectivity index (χ1v) is 10.6. The summed E-state index contributed by atoms with van der Waals surface area (Å²) in [7, 11) is -3.58. The fourth-order valence-corrected chi connectivity index (χ4v) is 3.86. The number of allylic oxidation sites excluding steroid dienone is 2. The molecule has 2 N–H and O–H groups in total. The minimum atomic E-state index is -3.58. The predicted molar refractivity (Wildman–Crippen MR) is 101 cm³/mol. The summed E-state index contributed by atoms with van der Waals surface area (Å²) in [6, 6.07) is 3.48. The van der Waals surface area contributed by atoms with Crippen molar-refractivity contribution in [2.24, 2.45) is 0 Å². The third-order valence-corrected chi connectivity index (χ3v) is 5.89. The van der Waals surface area contributed by atoms with Gasteiger partial charge in [-0.15, -0.1) is 5.10 Å². The van der Waals surface area contributed by atoms with Crippen molar-refractivity contribution in [2.45, 2.75) is 44.4 Å². The van der Waals surface area contributed by atoms with Crippen molar-refractivity contribution < 1.29 is 18.3 Å². The van der Waals surface area contributed by atoms with Crippen LogP contribution in [0.3, 0.4) is 0 Å². The highest BCUT2D eigenvalue weighted by atomic mass is 35.5. The number of nitrogens with one attached hydrogen (secondary N) is 1. The summed E-state index contributed by atoms with van der Waals surface area (Å²) in [6.07, 6.45) is 5.04. The van der Waals surface area contributed by atoms with Gasteiger partial charge in [0.2, 0.25) is 9.84 Å². The van der Waals surface area contributed by atoms with Crippen molar-refractivity contribution in [1.82, 2.24) is 20.6 Å². The lowest BCUT2D eigenvalue weighted by molar-refractivity contribution is 0.0500. The van der Waals surface area contributed by atoms with Crippen molar-refractivity contribution in [3.63, 3.8) is 0 Å². The maximum Gasteiger partial charge on any atom is 0.288 e. The van der Waals surface area contributed by atoms with Gasteiger partial charge < -0.3 is 9.84 Å². The number of aromatic amines is 1. The second-order valence-electron chi connectivity index (χ2n) is 5.87. The molecule has 0 saturated heterocycles. The van der Waals surface area contributed by atoms with E-state index in [1.807, 2.05) is 32.1 Å². The summed E-state index contributed by atoms with van der Waals surface area (Å²) in [5.41, 5.74) is 1.56. The molecule has 0 aliphatic rings. The number of hydrogen-bond acceptors (Lipinski definition) is 7. The molecule has 27 heavy (non-hydrogen) atoms. The van der Waals surface area contributed by atoms with Crippen LogP contribution in [0, 0.1) is 0 Å². The van der Waals surface area contributed by atoms with E-state index in [1.165, 1.54) is 0 Å². The van der Waals surface area contributed by atoms with Crippen LogP contribution >= 0.6 is 11.6 Å². The largest absolute Gasteiger partial charge is 0.506 e. The SMILES string of the molecule is CC=CCc1c(C(CC)OCCCS(=O)(=O)c2nn[nH]n2)ccc(Cl)c1O. The van der Waals surface area contributed by atoms with Crippen molar-refractivity contribution in [1.29, 1.82) is 0 Å². The first-order chi connectivity index (χ1) is 12.9. The topological polar surface area (TPSA) is 118 Å². The number of nitrogens with zero attached hydrogens (tertiary/aromatic N) is 3. The average molecular weight is 415 g/mol. The van der Waals surface area contributed by atoms with E-state index in [9.17, 15) is 13.5 Å². The number of rotatable bonds is 10. The number of benzene rings is 1. The summed E-state index contributed by atoms with van der Waals surface area (Å²) >= 11 is 6.04. The van der Waals surface area contributed by atoms with Crippen LogP contribution in [0.1, 0.15) is 43.9 Å². The van der Waals surface area contributed by atoms with Crippen molar-refractivity contribution in [3.8, 4) is 5.75 Å². The van der Waals surface area contributed by atoms with Crippen LogP contribution in [0.4, 0.5) is 0 Å². The van der Waals surface area contributed by atoms with Gasteiger partial charge in [-0.2, -0.15) is 5.21 Å². The molecule has 10 heteroatoms. The second kappa shape index (κ2) is 9.82. The molecule has 1 heterocycles. The lowest BCUT2D eigenvalue weighted by atomic mass is 9.97. The van der Waals surface area contributed by atoms with E-state index in [0.717, 1.165) is 5.56 Å². The van der Waals surface area contributed by atoms with E-state index in [-0.39, 0.29) is 35.8 Å². The molecule has 0 radical (unpaired) electrons. The van der Waals surface area contributed by atoms with Crippen LogP contribution in [0.2, 0.25) is 5.02 Å². The van der Waals surface area contributed by atoms with Crippen LogP contribution < -0.4 is 0 Å². The number of aromatic nitrogens is 4. The van der Waals surface area contributed by atoms with E-state index in [2.05, 4.69) is 20.6 Å². The fraction of sp³-hybridized carbons (Fsp3) is 0.471. The molecule has 1 aromatic heterocycles. The van der Waals surface area contributed by atoms with Gasteiger partial charge in [-0.3, -0.25) is 0 Å². The molecule has 0 spiro atoms. The molecule has 2 aromatic rings. The van der Waals surface area contributed by atoms with E-state index in [0.29, 0.717) is 23.4 Å². The Morgan fingerprint density at radius 1 is 1.41 bits per heavy atom. The first kappa shape index (κ1) is 21.3. The molecule has 0 saturated carbocycles. The van der Waals surface area contributed by atoms with Gasteiger partial charge >= 0.3 is 0 Å². The van der Waals surface area contributed by atoms with E-state index < -0.39 is 9.84 Å². The van der Waals surface area contributed by atoms with Crippen molar-refractivity contribution in [3.05, 3.63) is 40.4 Å². The van der Waals surface area contributed by atoms with Crippen molar-refractivity contribution >= 4 is 21.4 Å². The van der Waals surface area contributed by atoms with Crippen LogP contribution in [0.25, 0.3) is 0 Å². The number of sulfone groups is 1. The van der Waals surface area contributed by atoms with Gasteiger partial charge in [0, 0.05) is 12.2 Å². The zero-order valence-electron chi connectivity index (χ0n) is 15.2.